The van der Waals surface area contributed by atoms with Crippen LogP contribution in [0.25, 0.3) is 23.1 Å². The molecule has 0 aliphatic carbocycles. The number of anilines is 1. The van der Waals surface area contributed by atoms with Gasteiger partial charge in [-0.2, -0.15) is 4.57 Å². The van der Waals surface area contributed by atoms with Crippen LogP contribution in [0.4, 0.5) is 5.69 Å². The summed E-state index contributed by atoms with van der Waals surface area (Å²) < 4.78 is 2.24. The van der Waals surface area contributed by atoms with Crippen LogP contribution >= 0.6 is 0 Å². The number of fused-ring (bicyclic) bond motifs is 1. The average Bonchev–Trinajstić information content (AvgIpc) is 2.54. The van der Waals surface area contributed by atoms with Crippen molar-refractivity contribution in [2.24, 2.45) is 7.05 Å². The first-order chi connectivity index (χ1) is 11.0. The summed E-state index contributed by atoms with van der Waals surface area (Å²) in [5.74, 6) is 0. The molecule has 0 bridgehead atoms. The lowest BCUT2D eigenvalue weighted by Gasteiger charge is -2.11. The summed E-state index contributed by atoms with van der Waals surface area (Å²) in [7, 11) is 6.23. The molecule has 0 atom stereocenters. The van der Waals surface area contributed by atoms with Gasteiger partial charge in [-0.05, 0) is 42.8 Å². The zero-order valence-corrected chi connectivity index (χ0v) is 14.2. The molecule has 0 unspecified atom stereocenters. The third-order valence-electron chi connectivity index (χ3n) is 4.22. The molecule has 0 radical (unpaired) electrons. The summed E-state index contributed by atoms with van der Waals surface area (Å²) in [6, 6.07) is 19.5. The second kappa shape index (κ2) is 6.25. The van der Waals surface area contributed by atoms with Crippen LogP contribution in [0, 0.1) is 6.92 Å². The summed E-state index contributed by atoms with van der Waals surface area (Å²) in [4.78, 5) is 2.11. The van der Waals surface area contributed by atoms with E-state index in [0.29, 0.717) is 0 Å². The summed E-state index contributed by atoms with van der Waals surface area (Å²) in [5.41, 5.74) is 6.16. The highest BCUT2D eigenvalue weighted by Gasteiger charge is 2.09. The molecule has 3 rings (SSSR count). The lowest BCUT2D eigenvalue weighted by atomic mass is 10.1. The van der Waals surface area contributed by atoms with E-state index in [2.05, 4.69) is 104 Å². The molecule has 2 aromatic carbocycles. The van der Waals surface area contributed by atoms with Crippen molar-refractivity contribution < 1.29 is 4.57 Å². The lowest BCUT2D eigenvalue weighted by molar-refractivity contribution is -0.646. The zero-order valence-electron chi connectivity index (χ0n) is 14.2. The summed E-state index contributed by atoms with van der Waals surface area (Å²) in [5, 5.41) is 1.28. The number of pyridine rings is 1. The molecule has 2 heteroatoms. The number of nitrogens with zero attached hydrogens (tertiary/aromatic N) is 2. The topological polar surface area (TPSA) is 7.12 Å². The molecular formula is C21H23N2+. The minimum atomic E-state index is 1.19. The number of benzene rings is 2. The maximum absolute atomic E-state index is 2.24. The molecule has 0 aliphatic rings. The average molecular weight is 303 g/mol. The first-order valence-electron chi connectivity index (χ1n) is 7.89. The van der Waals surface area contributed by atoms with Gasteiger partial charge in [-0.15, -0.1) is 0 Å². The molecule has 0 aliphatic heterocycles. The number of rotatable bonds is 3. The van der Waals surface area contributed by atoms with Gasteiger partial charge < -0.3 is 4.90 Å². The van der Waals surface area contributed by atoms with E-state index in [-0.39, 0.29) is 0 Å². The maximum atomic E-state index is 2.24. The predicted molar refractivity (Wildman–Crippen MR) is 99.6 cm³/mol. The van der Waals surface area contributed by atoms with Crippen molar-refractivity contribution in [3.63, 3.8) is 0 Å². The maximum Gasteiger partial charge on any atom is 0.212 e. The van der Waals surface area contributed by atoms with Crippen LogP contribution in [-0.4, -0.2) is 14.1 Å². The smallest absolute Gasteiger partial charge is 0.212 e. The molecule has 0 saturated carbocycles. The van der Waals surface area contributed by atoms with Gasteiger partial charge in [0.25, 0.3) is 0 Å². The Bertz CT molecular complexity index is 859. The molecule has 23 heavy (non-hydrogen) atoms. The summed E-state index contributed by atoms with van der Waals surface area (Å²) >= 11 is 0. The molecule has 0 amide bonds. The molecule has 3 aromatic rings. The number of hydrogen-bond acceptors (Lipinski definition) is 1. The molecular weight excluding hydrogens is 280 g/mol. The molecule has 0 saturated heterocycles. The van der Waals surface area contributed by atoms with Gasteiger partial charge in [0.05, 0.1) is 0 Å². The van der Waals surface area contributed by atoms with Crippen LogP contribution in [0.15, 0.2) is 54.6 Å². The quantitative estimate of drug-likeness (QED) is 0.657. The van der Waals surface area contributed by atoms with E-state index in [4.69, 9.17) is 0 Å². The Hall–Kier alpha value is -2.61. The van der Waals surface area contributed by atoms with Gasteiger partial charge in [0, 0.05) is 43.4 Å². The minimum absolute atomic E-state index is 1.19. The molecule has 0 N–H and O–H groups in total. The third-order valence-corrected chi connectivity index (χ3v) is 4.22. The van der Waals surface area contributed by atoms with E-state index in [9.17, 15) is 0 Å². The fourth-order valence-corrected chi connectivity index (χ4v) is 2.77. The molecule has 0 fully saturated rings. The summed E-state index contributed by atoms with van der Waals surface area (Å²) in [6.07, 6.45) is 4.33. The second-order valence-corrected chi connectivity index (χ2v) is 6.20. The van der Waals surface area contributed by atoms with Crippen LogP contribution in [-0.2, 0) is 7.05 Å². The van der Waals surface area contributed by atoms with Crippen LogP contribution < -0.4 is 9.47 Å². The third kappa shape index (κ3) is 3.26. The van der Waals surface area contributed by atoms with E-state index in [1.54, 1.807) is 0 Å². The fraction of sp³-hybridized carbons (Fsp3) is 0.190. The monoisotopic (exact) mass is 303 g/mol. The van der Waals surface area contributed by atoms with Gasteiger partial charge >= 0.3 is 0 Å². The van der Waals surface area contributed by atoms with E-state index in [1.165, 1.54) is 33.4 Å². The Morgan fingerprint density at radius 3 is 2.30 bits per heavy atom. The minimum Gasteiger partial charge on any atom is -0.378 e. The van der Waals surface area contributed by atoms with E-state index in [0.717, 1.165) is 0 Å². The molecule has 116 valence electrons. The van der Waals surface area contributed by atoms with Crippen LogP contribution in [0.5, 0.6) is 0 Å². The molecule has 0 spiro atoms. The highest BCUT2D eigenvalue weighted by Crippen LogP contribution is 2.16. The summed E-state index contributed by atoms with van der Waals surface area (Å²) in [6.45, 7) is 2.13. The van der Waals surface area contributed by atoms with Gasteiger partial charge in [0.1, 0.15) is 7.05 Å². The Labute approximate surface area is 138 Å². The first kappa shape index (κ1) is 15.3. The van der Waals surface area contributed by atoms with Gasteiger partial charge in [-0.1, -0.05) is 23.8 Å². The number of aromatic nitrogens is 1. The number of hydrogen-bond donors (Lipinski definition) is 0. The van der Waals surface area contributed by atoms with E-state index >= 15 is 0 Å². The largest absolute Gasteiger partial charge is 0.378 e. The van der Waals surface area contributed by atoms with Gasteiger partial charge in [-0.3, -0.25) is 0 Å². The van der Waals surface area contributed by atoms with Gasteiger partial charge in [0.2, 0.25) is 11.2 Å². The number of aryl methyl sites for hydroxylation is 2. The first-order valence-corrected chi connectivity index (χ1v) is 7.89. The van der Waals surface area contributed by atoms with Crippen molar-refractivity contribution >= 4 is 28.7 Å². The predicted octanol–water partition coefficient (Wildman–Crippen LogP) is 4.21. The zero-order chi connectivity index (χ0) is 16.4. The fourth-order valence-electron chi connectivity index (χ4n) is 2.77. The molecule has 1 heterocycles. The Morgan fingerprint density at radius 2 is 1.61 bits per heavy atom. The Balaban J connectivity index is 1.91. The van der Waals surface area contributed by atoms with Crippen LogP contribution in [0.3, 0.4) is 0 Å². The lowest BCUT2D eigenvalue weighted by Crippen LogP contribution is -2.32. The van der Waals surface area contributed by atoms with Gasteiger partial charge in [0.15, 0.2) is 0 Å². The van der Waals surface area contributed by atoms with Crippen molar-refractivity contribution in [1.82, 2.24) is 0 Å². The second-order valence-electron chi connectivity index (χ2n) is 6.20. The van der Waals surface area contributed by atoms with Crippen LogP contribution in [0.2, 0.25) is 0 Å². The SMILES string of the molecule is Cc1ccc2c(ccc(/C=C/c3ccc(N(C)C)cc3)[n+]2C)c1. The van der Waals surface area contributed by atoms with Crippen molar-refractivity contribution in [2.45, 2.75) is 6.92 Å². The molecule has 1 aromatic heterocycles. The van der Waals surface area contributed by atoms with Crippen LogP contribution in [0.1, 0.15) is 16.8 Å². The normalized spacial score (nSPS) is 11.3. The highest BCUT2D eigenvalue weighted by molar-refractivity contribution is 5.78. The molecule has 2 nitrogen and oxygen atoms in total. The van der Waals surface area contributed by atoms with E-state index < -0.39 is 0 Å². The Kier molecular flexibility index (Phi) is 4.16. The van der Waals surface area contributed by atoms with Crippen molar-refractivity contribution in [3.05, 3.63) is 71.4 Å². The van der Waals surface area contributed by atoms with E-state index in [1.807, 2.05) is 0 Å². The van der Waals surface area contributed by atoms with Crippen molar-refractivity contribution in [2.75, 3.05) is 19.0 Å². The van der Waals surface area contributed by atoms with Gasteiger partial charge in [-0.25, -0.2) is 0 Å². The highest BCUT2D eigenvalue weighted by atomic mass is 15.1. The Morgan fingerprint density at radius 1 is 0.870 bits per heavy atom. The van der Waals surface area contributed by atoms with Crippen molar-refractivity contribution in [3.8, 4) is 0 Å². The standard InChI is InChI=1S/C21H23N2/c1-16-5-14-21-18(15-16)9-13-20(23(21)4)12-8-17-6-10-19(11-7-17)22(2)3/h5-15H,1-4H3/q+1. The van der Waals surface area contributed by atoms with Crippen molar-refractivity contribution in [1.29, 1.82) is 0 Å².